The van der Waals surface area contributed by atoms with Gasteiger partial charge >= 0.3 is 17.1 Å². The molecule has 0 aliphatic rings. The van der Waals surface area contributed by atoms with Crippen molar-refractivity contribution in [3.05, 3.63) is 57.1 Å². The van der Waals surface area contributed by atoms with Gasteiger partial charge in [-0.2, -0.15) is 51.1 Å². The average Bonchev–Trinajstić information content (AvgIpc) is 3.58. The fraction of sp³-hybridized carbons (Fsp3) is 0.778. The molecule has 268 valence electrons. The molecule has 0 aliphatic heterocycles. The first-order valence-electron chi connectivity index (χ1n) is 20.7. The molecule has 0 saturated heterocycles. The first kappa shape index (κ1) is 45.2. The molecule has 0 atom stereocenters. The summed E-state index contributed by atoms with van der Waals surface area (Å²) in [5.41, 5.74) is 12.0. The Kier molecular flexibility index (Phi) is 31.0. The fourth-order valence-electron chi connectivity index (χ4n) is 7.07. The zero-order valence-corrected chi connectivity index (χ0v) is 33.5. The van der Waals surface area contributed by atoms with Gasteiger partial charge in [0.2, 0.25) is 0 Å². The van der Waals surface area contributed by atoms with Gasteiger partial charge in [-0.15, -0.1) is 0 Å². The molecule has 2 rings (SSSR count). The van der Waals surface area contributed by atoms with E-state index in [0.717, 1.165) is 0 Å². The van der Waals surface area contributed by atoms with Crippen LogP contribution in [0.3, 0.4) is 0 Å². The van der Waals surface area contributed by atoms with Crippen molar-refractivity contribution in [3.8, 4) is 0 Å². The Balaban J connectivity index is 0.000000882. The Morgan fingerprint density at radius 2 is 0.848 bits per heavy atom. The van der Waals surface area contributed by atoms with E-state index in [1.807, 2.05) is 0 Å². The maximum atomic E-state index is 2.63. The van der Waals surface area contributed by atoms with E-state index >= 15 is 0 Å². The van der Waals surface area contributed by atoms with E-state index in [2.05, 4.69) is 66.7 Å². The number of hydrogen-bond donors (Lipinski definition) is 0. The summed E-state index contributed by atoms with van der Waals surface area (Å²) in [6, 6.07) is 7.67. The predicted molar refractivity (Wildman–Crippen MR) is 207 cm³/mol. The zero-order valence-electron chi connectivity index (χ0n) is 32.4. The van der Waals surface area contributed by atoms with Crippen LogP contribution in [-0.2, 0) is 62.0 Å². The molecule has 0 radical (unpaired) electrons. The van der Waals surface area contributed by atoms with Gasteiger partial charge in [0.1, 0.15) is 0 Å². The van der Waals surface area contributed by atoms with Crippen LogP contribution in [0, 0.1) is 0 Å². The average molecular weight is 677 g/mol. The molecule has 0 nitrogen and oxygen atoms in total. The second-order valence-electron chi connectivity index (χ2n) is 14.3. The molecule has 2 aromatic rings. The first-order chi connectivity index (χ1) is 22.1. The summed E-state index contributed by atoms with van der Waals surface area (Å²) in [4.78, 5) is 0. The topological polar surface area (TPSA) is 0 Å². The van der Waals surface area contributed by atoms with Crippen molar-refractivity contribution in [3.63, 3.8) is 0 Å². The number of hydrogen-bond acceptors (Lipinski definition) is 0. The van der Waals surface area contributed by atoms with Gasteiger partial charge in [-0.3, -0.25) is 0 Å². The number of aryl methyl sites for hydroxylation is 5. The molecule has 1 heteroatoms. The van der Waals surface area contributed by atoms with Gasteiger partial charge < -0.3 is 0 Å². The van der Waals surface area contributed by atoms with Crippen LogP contribution in [0.1, 0.15) is 222 Å². The molecule has 0 heterocycles. The van der Waals surface area contributed by atoms with Gasteiger partial charge in [0.05, 0.1) is 0 Å². The molecule has 0 aliphatic carbocycles. The van der Waals surface area contributed by atoms with Crippen molar-refractivity contribution in [1.29, 1.82) is 0 Å². The maximum Gasteiger partial charge on any atom is 2.00 e. The summed E-state index contributed by atoms with van der Waals surface area (Å²) >= 11 is 0. The van der Waals surface area contributed by atoms with E-state index in [4.69, 9.17) is 0 Å². The molecule has 2 aromatic carbocycles. The number of unbranched alkanes of at least 4 members (excludes halogenated alkanes) is 14. The minimum Gasteiger partial charge on any atom is -0.207 e. The summed E-state index contributed by atoms with van der Waals surface area (Å²) < 4.78 is 0. The Hall–Kier alpha value is -0.781. The summed E-state index contributed by atoms with van der Waals surface area (Å²) in [6.45, 7) is 16.2. The largest absolute Gasteiger partial charge is 2.00 e. The van der Waals surface area contributed by atoms with Crippen LogP contribution in [0.2, 0.25) is 0 Å². The maximum absolute atomic E-state index is 2.63. The van der Waals surface area contributed by atoms with Crippen LogP contribution in [0.4, 0.5) is 0 Å². The summed E-state index contributed by atoms with van der Waals surface area (Å²) in [6.07, 6.45) is 37.9. The molecular formula is C45H80Fe. The van der Waals surface area contributed by atoms with E-state index in [1.165, 1.54) is 180 Å². The van der Waals surface area contributed by atoms with Gasteiger partial charge in [0.25, 0.3) is 0 Å². The van der Waals surface area contributed by atoms with Crippen molar-refractivity contribution in [2.75, 3.05) is 0 Å². The molecule has 0 amide bonds. The Labute approximate surface area is 301 Å². The summed E-state index contributed by atoms with van der Waals surface area (Å²) in [5.74, 6) is 0. The van der Waals surface area contributed by atoms with Gasteiger partial charge in [-0.1, -0.05) is 228 Å². The van der Waals surface area contributed by atoms with E-state index in [-0.39, 0.29) is 17.1 Å². The molecule has 0 aromatic heterocycles. The van der Waals surface area contributed by atoms with E-state index in [0.29, 0.717) is 0 Å². The van der Waals surface area contributed by atoms with Crippen molar-refractivity contribution in [2.24, 2.45) is 0 Å². The van der Waals surface area contributed by atoms with Crippen LogP contribution in [0.25, 0.3) is 0 Å². The minimum absolute atomic E-state index is 0. The Morgan fingerprint density at radius 3 is 1.39 bits per heavy atom. The van der Waals surface area contributed by atoms with Crippen LogP contribution < -0.4 is 0 Å². The smallest absolute Gasteiger partial charge is 0.207 e. The van der Waals surface area contributed by atoms with Crippen LogP contribution in [0.5, 0.6) is 0 Å². The standard InChI is InChI=1S/C25H45.C20H35.Fe/c1-5-9-13-17-22-21-23(18-14-10-6-2)25(20-16-12-8-4)24(22)19-15-11-7-3;1-4-7-10-13-18-16-19(14-11-8-5-2)20(17-18)15-12-9-6-3;/h21H,5-20H2,1-4H3;16-17H,4-15H2,1-3H3;/q2*-1;+2. The third kappa shape index (κ3) is 19.9. The van der Waals surface area contributed by atoms with Gasteiger partial charge in [-0.05, 0) is 0 Å². The number of rotatable bonds is 28. The van der Waals surface area contributed by atoms with E-state index in [1.54, 1.807) is 38.9 Å². The Bertz CT molecular complexity index is 846. The molecule has 0 unspecified atom stereocenters. The van der Waals surface area contributed by atoms with Crippen molar-refractivity contribution in [2.45, 2.75) is 228 Å². The van der Waals surface area contributed by atoms with Crippen LogP contribution in [-0.4, -0.2) is 0 Å². The zero-order chi connectivity index (χ0) is 33.0. The molecule has 0 N–H and O–H groups in total. The fourth-order valence-corrected chi connectivity index (χ4v) is 7.07. The molecule has 0 fully saturated rings. The SMILES string of the molecule is CCCCCc1c[c-](CCCCC)c(CCCCC)c1CCCCC.CCCCCc1cc(CCCCC)[c-](CCCCC)c1.[Fe+2]. The van der Waals surface area contributed by atoms with Crippen molar-refractivity contribution >= 4 is 0 Å². The molecule has 0 bridgehead atoms. The van der Waals surface area contributed by atoms with Crippen molar-refractivity contribution < 1.29 is 17.1 Å². The predicted octanol–water partition coefficient (Wildman–Crippen LogP) is 14.9. The quantitative estimate of drug-likeness (QED) is 0.0478. The van der Waals surface area contributed by atoms with Crippen molar-refractivity contribution in [1.82, 2.24) is 0 Å². The van der Waals surface area contributed by atoms with Crippen LogP contribution >= 0.6 is 0 Å². The van der Waals surface area contributed by atoms with E-state index < -0.39 is 0 Å². The van der Waals surface area contributed by atoms with Gasteiger partial charge in [-0.25, -0.2) is 6.07 Å². The monoisotopic (exact) mass is 677 g/mol. The molecule has 0 spiro atoms. The molecule has 0 saturated carbocycles. The third-order valence-corrected chi connectivity index (χ3v) is 9.95. The molecular weight excluding hydrogens is 596 g/mol. The second kappa shape index (κ2) is 31.5. The summed E-state index contributed by atoms with van der Waals surface area (Å²) in [7, 11) is 0. The minimum atomic E-state index is 0. The summed E-state index contributed by atoms with van der Waals surface area (Å²) in [5, 5.41) is 0. The second-order valence-corrected chi connectivity index (χ2v) is 14.3. The third-order valence-electron chi connectivity index (χ3n) is 9.95. The molecule has 46 heavy (non-hydrogen) atoms. The normalized spacial score (nSPS) is 11.0. The van der Waals surface area contributed by atoms with Gasteiger partial charge in [0.15, 0.2) is 0 Å². The van der Waals surface area contributed by atoms with Gasteiger partial charge in [0, 0.05) is 0 Å². The van der Waals surface area contributed by atoms with Crippen LogP contribution in [0.15, 0.2) is 18.2 Å². The Morgan fingerprint density at radius 1 is 0.413 bits per heavy atom. The van der Waals surface area contributed by atoms with E-state index in [9.17, 15) is 0 Å². The first-order valence-corrected chi connectivity index (χ1v) is 20.7.